The van der Waals surface area contributed by atoms with Crippen LogP contribution < -0.4 is 10.7 Å². The zero-order chi connectivity index (χ0) is 24.0. The van der Waals surface area contributed by atoms with Crippen molar-refractivity contribution in [1.82, 2.24) is 5.32 Å². The van der Waals surface area contributed by atoms with E-state index < -0.39 is 11.9 Å². The molecular weight excluding hydrogens is 454 g/mol. The van der Waals surface area contributed by atoms with Crippen molar-refractivity contribution in [1.29, 1.82) is 0 Å². The lowest BCUT2D eigenvalue weighted by molar-refractivity contribution is -0.136. The first-order valence-electron chi connectivity index (χ1n) is 11.0. The number of para-hydroxylation sites is 1. The van der Waals surface area contributed by atoms with Gasteiger partial charge in [0.1, 0.15) is 5.58 Å². The van der Waals surface area contributed by atoms with Crippen molar-refractivity contribution in [2.45, 2.75) is 31.6 Å². The quantitative estimate of drug-likeness (QED) is 0.538. The van der Waals surface area contributed by atoms with E-state index in [0.717, 1.165) is 5.56 Å². The van der Waals surface area contributed by atoms with Crippen LogP contribution in [0.5, 0.6) is 0 Å². The van der Waals surface area contributed by atoms with Gasteiger partial charge in [0.15, 0.2) is 11.2 Å². The predicted molar refractivity (Wildman–Crippen MR) is 129 cm³/mol. The average Bonchev–Trinajstić information content (AvgIpc) is 2.83. The molecule has 0 bridgehead atoms. The number of benzene rings is 2. The summed E-state index contributed by atoms with van der Waals surface area (Å²) in [6.07, 6.45) is 2.09. The van der Waals surface area contributed by atoms with Crippen LogP contribution >= 0.6 is 11.6 Å². The summed E-state index contributed by atoms with van der Waals surface area (Å²) >= 11 is 6.42. The number of nitrogens with one attached hydrogen (secondary N) is 1. The van der Waals surface area contributed by atoms with Crippen LogP contribution in [0, 0.1) is 0 Å². The molecule has 6 nitrogen and oxygen atoms in total. The molecule has 0 radical (unpaired) electrons. The van der Waals surface area contributed by atoms with Gasteiger partial charge in [-0.15, -0.1) is 0 Å². The van der Waals surface area contributed by atoms with E-state index >= 15 is 0 Å². The Morgan fingerprint density at radius 1 is 1.06 bits per heavy atom. The lowest BCUT2D eigenvalue weighted by atomic mass is 9.72. The van der Waals surface area contributed by atoms with Crippen LogP contribution in [0.3, 0.4) is 0 Å². The Balaban J connectivity index is 1.69. The lowest BCUT2D eigenvalue weighted by Crippen LogP contribution is -2.37. The van der Waals surface area contributed by atoms with E-state index in [2.05, 4.69) is 5.32 Å². The maximum atomic E-state index is 13.6. The van der Waals surface area contributed by atoms with Gasteiger partial charge >= 0.3 is 5.97 Å². The summed E-state index contributed by atoms with van der Waals surface area (Å²) in [5.74, 6) is -1.75. The van der Waals surface area contributed by atoms with E-state index in [4.69, 9.17) is 20.8 Å². The first-order valence-corrected chi connectivity index (χ1v) is 11.4. The monoisotopic (exact) mass is 475 g/mol. The van der Waals surface area contributed by atoms with Gasteiger partial charge in [-0.05, 0) is 43.0 Å². The maximum Gasteiger partial charge on any atom is 0.336 e. The second kappa shape index (κ2) is 8.61. The number of Topliss-reactive ketones (excluding diaryl/α,β-unsaturated/α-hetero) is 1. The molecule has 0 saturated carbocycles. The summed E-state index contributed by atoms with van der Waals surface area (Å²) in [6.45, 7) is 1.75. The Hall–Kier alpha value is -3.64. The first kappa shape index (κ1) is 22.2. The molecule has 0 amide bonds. The standard InChI is InChI=1S/C27H22ClNO5/c1-14-23(27(32)33-2)24(18-13-34-22-10-6-4-8-17(22)26(18)31)25-20(29-14)11-15(12-21(25)30)16-7-3-5-9-19(16)28/h3-10,13,15,24,29H,11-12H2,1-2H3/t15-,24-/m1/s1. The van der Waals surface area contributed by atoms with Gasteiger partial charge in [0.2, 0.25) is 0 Å². The molecule has 0 unspecified atom stereocenters. The number of fused-ring (bicyclic) bond motifs is 1. The lowest BCUT2D eigenvalue weighted by Gasteiger charge is -2.36. The molecule has 3 aromatic rings. The molecule has 0 fully saturated rings. The van der Waals surface area contributed by atoms with Gasteiger partial charge in [-0.25, -0.2) is 4.79 Å². The molecule has 2 atom stereocenters. The van der Waals surface area contributed by atoms with Crippen molar-refractivity contribution in [3.05, 3.63) is 104 Å². The van der Waals surface area contributed by atoms with Crippen molar-refractivity contribution < 1.29 is 18.7 Å². The molecule has 0 spiro atoms. The molecule has 2 heterocycles. The number of allylic oxidation sites excluding steroid dienone is 3. The highest BCUT2D eigenvalue weighted by atomic mass is 35.5. The van der Waals surface area contributed by atoms with E-state index in [0.29, 0.717) is 39.4 Å². The number of halogens is 1. The van der Waals surface area contributed by atoms with Crippen LogP contribution in [0.1, 0.15) is 42.7 Å². The van der Waals surface area contributed by atoms with E-state index in [1.165, 1.54) is 13.4 Å². The SMILES string of the molecule is COC(=O)C1=C(C)NC2=C(C(=O)C[C@H](c3ccccc3Cl)C2)[C@@H]1c1coc2ccccc2c1=O. The molecule has 2 aromatic carbocycles. The van der Waals surface area contributed by atoms with Gasteiger partial charge in [0.05, 0.1) is 30.3 Å². The third kappa shape index (κ3) is 3.55. The molecule has 2 aliphatic rings. The second-order valence-corrected chi connectivity index (χ2v) is 8.95. The number of ketones is 1. The Morgan fingerprint density at radius 2 is 1.79 bits per heavy atom. The highest BCUT2D eigenvalue weighted by molar-refractivity contribution is 6.31. The van der Waals surface area contributed by atoms with Crippen LogP contribution in [0.25, 0.3) is 11.0 Å². The van der Waals surface area contributed by atoms with Crippen molar-refractivity contribution >= 4 is 34.3 Å². The Morgan fingerprint density at radius 3 is 2.56 bits per heavy atom. The van der Waals surface area contributed by atoms with Crippen molar-refractivity contribution in [3.8, 4) is 0 Å². The van der Waals surface area contributed by atoms with E-state index in [-0.39, 0.29) is 34.7 Å². The number of dihydropyridines is 1. The van der Waals surface area contributed by atoms with Crippen molar-refractivity contribution in [2.24, 2.45) is 0 Å². The summed E-state index contributed by atoms with van der Waals surface area (Å²) in [5.41, 5.74) is 3.14. The molecule has 1 aromatic heterocycles. The summed E-state index contributed by atoms with van der Waals surface area (Å²) < 4.78 is 10.8. The molecule has 34 heavy (non-hydrogen) atoms. The normalized spacial score (nSPS) is 20.3. The van der Waals surface area contributed by atoms with Crippen LogP contribution in [-0.4, -0.2) is 18.9 Å². The fraction of sp³-hybridized carbons (Fsp3) is 0.222. The third-order valence-electron chi connectivity index (χ3n) is 6.60. The minimum absolute atomic E-state index is 0.117. The number of carbonyl (C=O) groups is 2. The van der Waals surface area contributed by atoms with E-state index in [1.807, 2.05) is 24.3 Å². The summed E-state index contributed by atoms with van der Waals surface area (Å²) in [4.78, 5) is 39.9. The maximum absolute atomic E-state index is 13.6. The summed E-state index contributed by atoms with van der Waals surface area (Å²) in [5, 5.41) is 4.25. The number of hydrogen-bond donors (Lipinski definition) is 1. The van der Waals surface area contributed by atoms with Crippen molar-refractivity contribution in [2.75, 3.05) is 7.11 Å². The van der Waals surface area contributed by atoms with Gasteiger partial charge in [-0.1, -0.05) is 41.9 Å². The number of esters is 1. The number of carbonyl (C=O) groups excluding carboxylic acids is 2. The Labute approximate surface area is 200 Å². The number of methoxy groups -OCH3 is 1. The second-order valence-electron chi connectivity index (χ2n) is 8.55. The van der Waals surface area contributed by atoms with Crippen LogP contribution in [-0.2, 0) is 14.3 Å². The van der Waals surface area contributed by atoms with E-state index in [1.54, 1.807) is 31.2 Å². The molecular formula is C27H22ClNO5. The van der Waals surface area contributed by atoms with Gasteiger partial charge in [-0.2, -0.15) is 0 Å². The van der Waals surface area contributed by atoms with Gasteiger partial charge in [-0.3, -0.25) is 9.59 Å². The Bertz CT molecular complexity index is 1470. The Kier molecular flexibility index (Phi) is 5.62. The van der Waals surface area contributed by atoms with Crippen LogP contribution in [0.4, 0.5) is 0 Å². The highest BCUT2D eigenvalue weighted by Crippen LogP contribution is 2.46. The fourth-order valence-electron chi connectivity index (χ4n) is 5.05. The number of ether oxygens (including phenoxy) is 1. The van der Waals surface area contributed by atoms with Gasteiger partial charge in [0, 0.05) is 34.0 Å². The smallest absolute Gasteiger partial charge is 0.336 e. The van der Waals surface area contributed by atoms with Gasteiger partial charge < -0.3 is 14.5 Å². The molecule has 1 aliphatic heterocycles. The van der Waals surface area contributed by atoms with Crippen LogP contribution in [0.2, 0.25) is 5.02 Å². The van der Waals surface area contributed by atoms with Crippen molar-refractivity contribution in [3.63, 3.8) is 0 Å². The minimum Gasteiger partial charge on any atom is -0.466 e. The third-order valence-corrected chi connectivity index (χ3v) is 6.94. The fourth-order valence-corrected chi connectivity index (χ4v) is 5.34. The van der Waals surface area contributed by atoms with E-state index in [9.17, 15) is 14.4 Å². The summed E-state index contributed by atoms with van der Waals surface area (Å²) in [6, 6.07) is 14.4. The molecule has 1 N–H and O–H groups in total. The average molecular weight is 476 g/mol. The number of rotatable bonds is 3. The molecule has 0 saturated heterocycles. The zero-order valence-electron chi connectivity index (χ0n) is 18.7. The molecule has 172 valence electrons. The first-order chi connectivity index (χ1) is 16.4. The largest absolute Gasteiger partial charge is 0.466 e. The topological polar surface area (TPSA) is 85.6 Å². The zero-order valence-corrected chi connectivity index (χ0v) is 19.4. The molecule has 5 rings (SSSR count). The highest BCUT2D eigenvalue weighted by Gasteiger charge is 2.42. The van der Waals surface area contributed by atoms with Gasteiger partial charge in [0.25, 0.3) is 0 Å². The van der Waals surface area contributed by atoms with Crippen LogP contribution in [0.15, 0.2) is 86.5 Å². The predicted octanol–water partition coefficient (Wildman–Crippen LogP) is 4.98. The molecule has 7 heteroatoms. The minimum atomic E-state index is -0.885. The summed E-state index contributed by atoms with van der Waals surface area (Å²) in [7, 11) is 1.28. The molecule has 1 aliphatic carbocycles. The number of hydrogen-bond acceptors (Lipinski definition) is 6.